The van der Waals surface area contributed by atoms with Crippen LogP contribution in [0.1, 0.15) is 31.9 Å². The maximum absolute atomic E-state index is 10.00. The number of aliphatic hydroxyl groups is 3. The zero-order valence-electron chi connectivity index (χ0n) is 14.0. The molecule has 0 saturated heterocycles. The first kappa shape index (κ1) is 20.2. The summed E-state index contributed by atoms with van der Waals surface area (Å²) in [4.78, 5) is 0. The number of β-amino-alcohol motifs (C(OH)–C–C–N with tert-alkyl or cyclic N) is 1. The van der Waals surface area contributed by atoms with Crippen LogP contribution in [0.3, 0.4) is 0 Å². The van der Waals surface area contributed by atoms with Crippen LogP contribution in [0.2, 0.25) is 0 Å². The van der Waals surface area contributed by atoms with E-state index in [0.717, 1.165) is 11.1 Å². The summed E-state index contributed by atoms with van der Waals surface area (Å²) in [5, 5.41) is 32.8. The van der Waals surface area contributed by atoms with Crippen molar-refractivity contribution in [2.45, 2.75) is 57.5 Å². The smallest absolute Gasteiger partial charge is 0.123 e. The molecule has 0 radical (unpaired) electrons. The van der Waals surface area contributed by atoms with Crippen molar-refractivity contribution in [3.8, 4) is 5.75 Å². The molecule has 0 amide bonds. The SMILES string of the molecule is CC(C)(C)NCC(O)COc1cccc2c1C[C@H](O)[C@H](O)C2.Cl. The minimum Gasteiger partial charge on any atom is -0.491 e. The fourth-order valence-electron chi connectivity index (χ4n) is 2.54. The van der Waals surface area contributed by atoms with Gasteiger partial charge in [-0.15, -0.1) is 12.4 Å². The van der Waals surface area contributed by atoms with Crippen molar-refractivity contribution in [3.05, 3.63) is 29.3 Å². The predicted octanol–water partition coefficient (Wildman–Crippen LogP) is 1.06. The van der Waals surface area contributed by atoms with Gasteiger partial charge >= 0.3 is 0 Å². The second kappa shape index (κ2) is 8.31. The largest absolute Gasteiger partial charge is 0.491 e. The zero-order chi connectivity index (χ0) is 16.3. The number of nitrogens with one attached hydrogen (secondary N) is 1. The molecule has 5 nitrogen and oxygen atoms in total. The molecule has 3 atom stereocenters. The normalized spacial score (nSPS) is 22.0. The molecule has 0 fully saturated rings. The third-order valence-electron chi connectivity index (χ3n) is 3.82. The van der Waals surface area contributed by atoms with Crippen LogP contribution in [0.4, 0.5) is 0 Å². The highest BCUT2D eigenvalue weighted by Crippen LogP contribution is 2.30. The van der Waals surface area contributed by atoms with Crippen molar-refractivity contribution in [2.24, 2.45) is 0 Å². The van der Waals surface area contributed by atoms with E-state index in [1.54, 1.807) is 0 Å². The van der Waals surface area contributed by atoms with Crippen LogP contribution in [0.5, 0.6) is 5.75 Å². The first-order chi connectivity index (χ1) is 10.3. The molecule has 0 aromatic heterocycles. The van der Waals surface area contributed by atoms with Crippen LogP contribution in [-0.2, 0) is 12.8 Å². The summed E-state index contributed by atoms with van der Waals surface area (Å²) in [5.74, 6) is 0.679. The van der Waals surface area contributed by atoms with Crippen LogP contribution < -0.4 is 10.1 Å². The third-order valence-corrected chi connectivity index (χ3v) is 3.82. The maximum Gasteiger partial charge on any atom is 0.123 e. The summed E-state index contributed by atoms with van der Waals surface area (Å²) >= 11 is 0. The molecule has 132 valence electrons. The highest BCUT2D eigenvalue weighted by molar-refractivity contribution is 5.85. The van der Waals surface area contributed by atoms with Gasteiger partial charge in [0.1, 0.15) is 18.5 Å². The summed E-state index contributed by atoms with van der Waals surface area (Å²) in [7, 11) is 0. The van der Waals surface area contributed by atoms with E-state index in [-0.39, 0.29) is 24.6 Å². The minimum atomic E-state index is -0.760. The van der Waals surface area contributed by atoms with Gasteiger partial charge in [-0.2, -0.15) is 0 Å². The standard InChI is InChI=1S/C17H27NO4.ClH/c1-17(2,3)18-9-12(19)10-22-16-6-4-5-11-7-14(20)15(21)8-13(11)16;/h4-6,12,14-15,18-21H,7-10H2,1-3H3;1H/t12?,14-,15+;/m1./s1. The molecule has 0 spiro atoms. The molecule has 0 heterocycles. The van der Waals surface area contributed by atoms with E-state index in [0.29, 0.717) is 25.1 Å². The predicted molar refractivity (Wildman–Crippen MR) is 92.4 cm³/mol. The Morgan fingerprint density at radius 2 is 1.87 bits per heavy atom. The van der Waals surface area contributed by atoms with Gasteiger partial charge in [0.05, 0.1) is 12.2 Å². The van der Waals surface area contributed by atoms with Crippen molar-refractivity contribution in [3.63, 3.8) is 0 Å². The number of fused-ring (bicyclic) bond motifs is 1. The molecule has 0 bridgehead atoms. The number of hydrogen-bond acceptors (Lipinski definition) is 5. The fourth-order valence-corrected chi connectivity index (χ4v) is 2.54. The highest BCUT2D eigenvalue weighted by Gasteiger charge is 2.27. The van der Waals surface area contributed by atoms with Crippen LogP contribution >= 0.6 is 12.4 Å². The first-order valence-electron chi connectivity index (χ1n) is 7.79. The topological polar surface area (TPSA) is 82.0 Å². The quantitative estimate of drug-likeness (QED) is 0.641. The third kappa shape index (κ3) is 5.94. The Kier molecular flexibility index (Phi) is 7.29. The number of benzene rings is 1. The van der Waals surface area contributed by atoms with Gasteiger partial charge in [-0.3, -0.25) is 0 Å². The Bertz CT molecular complexity index is 504. The summed E-state index contributed by atoms with van der Waals surface area (Å²) in [5.41, 5.74) is 1.88. The van der Waals surface area contributed by atoms with Crippen LogP contribution in [0.15, 0.2) is 18.2 Å². The van der Waals surface area contributed by atoms with E-state index in [1.807, 2.05) is 39.0 Å². The Morgan fingerprint density at radius 1 is 1.22 bits per heavy atom. The lowest BCUT2D eigenvalue weighted by Gasteiger charge is -2.28. The number of ether oxygens (including phenoxy) is 1. The van der Waals surface area contributed by atoms with E-state index >= 15 is 0 Å². The molecular weight excluding hydrogens is 318 g/mol. The fraction of sp³-hybridized carbons (Fsp3) is 0.647. The van der Waals surface area contributed by atoms with Gasteiger partial charge in [0.25, 0.3) is 0 Å². The van der Waals surface area contributed by atoms with Crippen LogP contribution in [0, 0.1) is 0 Å². The molecular formula is C17H28ClNO4. The van der Waals surface area contributed by atoms with Crippen molar-refractivity contribution >= 4 is 12.4 Å². The number of aliphatic hydroxyl groups excluding tert-OH is 3. The van der Waals surface area contributed by atoms with E-state index < -0.39 is 18.3 Å². The van der Waals surface area contributed by atoms with Gasteiger partial charge < -0.3 is 25.4 Å². The van der Waals surface area contributed by atoms with Gasteiger partial charge in [0.15, 0.2) is 0 Å². The van der Waals surface area contributed by atoms with E-state index in [4.69, 9.17) is 4.74 Å². The van der Waals surface area contributed by atoms with Crippen molar-refractivity contribution in [2.75, 3.05) is 13.2 Å². The average Bonchev–Trinajstić information content (AvgIpc) is 2.43. The molecule has 0 saturated carbocycles. The Morgan fingerprint density at radius 3 is 2.52 bits per heavy atom. The number of hydrogen-bond donors (Lipinski definition) is 4. The Balaban J connectivity index is 0.00000264. The molecule has 2 rings (SSSR count). The second-order valence-electron chi connectivity index (χ2n) is 7.03. The van der Waals surface area contributed by atoms with Crippen LogP contribution in [-0.4, -0.2) is 52.3 Å². The van der Waals surface area contributed by atoms with Gasteiger partial charge in [0.2, 0.25) is 0 Å². The van der Waals surface area contributed by atoms with Gasteiger partial charge in [-0.1, -0.05) is 12.1 Å². The number of rotatable bonds is 5. The Labute approximate surface area is 144 Å². The van der Waals surface area contributed by atoms with Crippen molar-refractivity contribution < 1.29 is 20.1 Å². The van der Waals surface area contributed by atoms with Gasteiger partial charge in [-0.25, -0.2) is 0 Å². The summed E-state index contributed by atoms with van der Waals surface area (Å²) in [6, 6.07) is 5.65. The molecule has 1 unspecified atom stereocenters. The van der Waals surface area contributed by atoms with Crippen molar-refractivity contribution in [1.82, 2.24) is 5.32 Å². The molecule has 1 aliphatic carbocycles. The number of halogens is 1. The monoisotopic (exact) mass is 345 g/mol. The maximum atomic E-state index is 10.00. The zero-order valence-corrected chi connectivity index (χ0v) is 14.8. The molecule has 4 N–H and O–H groups in total. The average molecular weight is 346 g/mol. The molecule has 1 aromatic rings. The van der Waals surface area contributed by atoms with E-state index in [1.165, 1.54) is 0 Å². The summed E-state index contributed by atoms with van der Waals surface area (Å²) in [6.07, 6.45) is -1.27. The van der Waals surface area contributed by atoms with E-state index in [2.05, 4.69) is 5.32 Å². The molecule has 1 aliphatic rings. The molecule has 23 heavy (non-hydrogen) atoms. The lowest BCUT2D eigenvalue weighted by molar-refractivity contribution is 0.0132. The van der Waals surface area contributed by atoms with E-state index in [9.17, 15) is 15.3 Å². The lowest BCUT2D eigenvalue weighted by atomic mass is 9.87. The van der Waals surface area contributed by atoms with Crippen LogP contribution in [0.25, 0.3) is 0 Å². The summed E-state index contributed by atoms with van der Waals surface area (Å²) < 4.78 is 5.73. The van der Waals surface area contributed by atoms with Gasteiger partial charge in [-0.05, 0) is 32.4 Å². The molecule has 6 heteroatoms. The van der Waals surface area contributed by atoms with Crippen molar-refractivity contribution in [1.29, 1.82) is 0 Å². The van der Waals surface area contributed by atoms with Gasteiger partial charge in [0, 0.05) is 30.5 Å². The molecule has 1 aromatic carbocycles. The minimum absolute atomic E-state index is 0. The second-order valence-corrected chi connectivity index (χ2v) is 7.03. The first-order valence-corrected chi connectivity index (χ1v) is 7.79. The Hall–Kier alpha value is -0.850. The lowest BCUT2D eigenvalue weighted by Crippen LogP contribution is -2.42. The highest BCUT2D eigenvalue weighted by atomic mass is 35.5. The summed E-state index contributed by atoms with van der Waals surface area (Å²) in [6.45, 7) is 6.78. The molecule has 0 aliphatic heterocycles.